The molecule has 0 radical (unpaired) electrons. The molecule has 0 aromatic heterocycles. The van der Waals surface area contributed by atoms with Gasteiger partial charge in [0, 0.05) is 28.8 Å². The van der Waals surface area contributed by atoms with Gasteiger partial charge in [0.1, 0.15) is 23.0 Å². The van der Waals surface area contributed by atoms with Gasteiger partial charge in [0.05, 0.1) is 16.4 Å². The molecular formula is C21H12NNaO5S. The third-order valence-corrected chi connectivity index (χ3v) is 5.04. The summed E-state index contributed by atoms with van der Waals surface area (Å²) in [7, 11) is 0. The number of carbonyl (C=O) groups excluding carboxylic acids is 1. The Bertz CT molecular complexity index is 1180. The monoisotopic (exact) mass is 413 g/mol. The van der Waals surface area contributed by atoms with Crippen LogP contribution in [0, 0.1) is 0 Å². The minimum atomic E-state index is -1.30. The topological polar surface area (TPSA) is 88.4 Å². The predicted octanol–water partition coefficient (Wildman–Crippen LogP) is 3.75. The van der Waals surface area contributed by atoms with Crippen LogP contribution < -0.4 is 4.74 Å². The van der Waals surface area contributed by atoms with Gasteiger partial charge in [-0.2, -0.15) is 4.99 Å². The van der Waals surface area contributed by atoms with Crippen LogP contribution in [0.1, 0.15) is 27.0 Å². The quantitative estimate of drug-likeness (QED) is 0.273. The van der Waals surface area contributed by atoms with Gasteiger partial charge in [-0.15, -0.1) is 0 Å². The van der Waals surface area contributed by atoms with Crippen molar-refractivity contribution < 1.29 is 24.5 Å². The number of aromatic hydroxyl groups is 2. The van der Waals surface area contributed by atoms with Gasteiger partial charge < -0.3 is 19.7 Å². The molecule has 3 aromatic rings. The molecule has 6 nitrogen and oxygen atoms in total. The molecule has 2 N–H and O–H groups in total. The standard InChI is InChI=1S/C21H11NO5S.Na.H/c23-11-4-6-13-17(8-11)26-18-9-12(24)5-7-14(18)21(13)15-2-1-3-16(22-10-28)19(15)20(25)27-21;;/h1-9,23-24H;;. The molecule has 29 heavy (non-hydrogen) atoms. The number of thiocarbonyl (C=S) groups is 1. The van der Waals surface area contributed by atoms with Crippen molar-refractivity contribution in [1.29, 1.82) is 0 Å². The Kier molecular flexibility index (Phi) is 4.73. The average molecular weight is 413 g/mol. The molecule has 0 unspecified atom stereocenters. The Morgan fingerprint density at radius 1 is 0.931 bits per heavy atom. The van der Waals surface area contributed by atoms with Gasteiger partial charge in [0.15, 0.2) is 5.60 Å². The van der Waals surface area contributed by atoms with Gasteiger partial charge in [-0.25, -0.2) is 4.79 Å². The molecule has 2 heterocycles. The summed E-state index contributed by atoms with van der Waals surface area (Å²) in [6.07, 6.45) is 0. The molecule has 0 aliphatic carbocycles. The molecule has 0 bridgehead atoms. The molecule has 0 fully saturated rings. The first-order chi connectivity index (χ1) is 13.5. The van der Waals surface area contributed by atoms with Crippen molar-refractivity contribution in [2.24, 2.45) is 4.99 Å². The SMILES string of the molecule is O=C1OC2(c3ccc(O)cc3Oc3cc(O)ccc32)c2cccc(N=C=S)c21.[NaH]. The zero-order valence-corrected chi connectivity index (χ0v) is 15.0. The third kappa shape index (κ3) is 2.71. The van der Waals surface area contributed by atoms with Crippen LogP contribution in [0.25, 0.3) is 0 Å². The summed E-state index contributed by atoms with van der Waals surface area (Å²) in [5.41, 5.74) is 1.04. The molecule has 5 rings (SSSR count). The molecule has 2 aliphatic rings. The maximum atomic E-state index is 12.9. The van der Waals surface area contributed by atoms with E-state index in [2.05, 4.69) is 10.2 Å². The molecule has 0 saturated heterocycles. The van der Waals surface area contributed by atoms with E-state index in [1.807, 2.05) is 0 Å². The fraction of sp³-hybridized carbons (Fsp3) is 0.0476. The number of ether oxygens (including phenoxy) is 2. The van der Waals surface area contributed by atoms with Crippen molar-refractivity contribution in [3.63, 3.8) is 0 Å². The van der Waals surface area contributed by atoms with Crippen LogP contribution in [0.3, 0.4) is 0 Å². The van der Waals surface area contributed by atoms with Crippen LogP contribution >= 0.6 is 12.2 Å². The maximum absolute atomic E-state index is 12.9. The molecule has 1 spiro atoms. The van der Waals surface area contributed by atoms with E-state index < -0.39 is 11.6 Å². The van der Waals surface area contributed by atoms with E-state index in [9.17, 15) is 15.0 Å². The van der Waals surface area contributed by atoms with E-state index in [4.69, 9.17) is 21.7 Å². The van der Waals surface area contributed by atoms with Gasteiger partial charge in [-0.3, -0.25) is 0 Å². The number of phenols is 2. The van der Waals surface area contributed by atoms with E-state index in [0.717, 1.165) is 0 Å². The van der Waals surface area contributed by atoms with Crippen LogP contribution in [0.4, 0.5) is 5.69 Å². The van der Waals surface area contributed by atoms with Crippen molar-refractivity contribution in [1.82, 2.24) is 0 Å². The Morgan fingerprint density at radius 3 is 2.14 bits per heavy atom. The second kappa shape index (κ2) is 6.99. The summed E-state index contributed by atoms with van der Waals surface area (Å²) < 4.78 is 11.9. The Morgan fingerprint density at radius 2 is 1.55 bits per heavy atom. The number of nitrogens with zero attached hydrogens (tertiary/aromatic N) is 1. The van der Waals surface area contributed by atoms with E-state index in [1.54, 1.807) is 30.3 Å². The summed E-state index contributed by atoms with van der Waals surface area (Å²) in [5.74, 6) is 0.0896. The van der Waals surface area contributed by atoms with Crippen molar-refractivity contribution >= 4 is 58.6 Å². The molecule has 3 aromatic carbocycles. The second-order valence-corrected chi connectivity index (χ2v) is 6.62. The molecular weight excluding hydrogens is 401 g/mol. The second-order valence-electron chi connectivity index (χ2n) is 6.44. The van der Waals surface area contributed by atoms with Gasteiger partial charge in [0.25, 0.3) is 0 Å². The summed E-state index contributed by atoms with van der Waals surface area (Å²) in [6.45, 7) is 0. The number of esters is 1. The van der Waals surface area contributed by atoms with Crippen LogP contribution in [-0.4, -0.2) is 50.9 Å². The van der Waals surface area contributed by atoms with Crippen LogP contribution in [0.15, 0.2) is 59.6 Å². The van der Waals surface area contributed by atoms with Crippen LogP contribution in [0.2, 0.25) is 0 Å². The average Bonchev–Trinajstić information content (AvgIpc) is 2.96. The predicted molar refractivity (Wildman–Crippen MR) is 110 cm³/mol. The van der Waals surface area contributed by atoms with Crippen molar-refractivity contribution in [2.75, 3.05) is 0 Å². The Balaban J connectivity index is 0.00000205. The number of hydrogen-bond acceptors (Lipinski definition) is 7. The summed E-state index contributed by atoms with van der Waals surface area (Å²) in [6, 6.07) is 14.4. The van der Waals surface area contributed by atoms with E-state index in [-0.39, 0.29) is 41.1 Å². The Hall–Kier alpha value is -2.67. The van der Waals surface area contributed by atoms with Gasteiger partial charge in [0.2, 0.25) is 0 Å². The summed E-state index contributed by atoms with van der Waals surface area (Å²) >= 11 is 4.70. The zero-order valence-electron chi connectivity index (χ0n) is 14.2. The first-order valence-corrected chi connectivity index (χ1v) is 8.75. The number of aliphatic imine (C=N–C) groups is 1. The summed E-state index contributed by atoms with van der Waals surface area (Å²) in [5, 5.41) is 22.1. The van der Waals surface area contributed by atoms with Crippen molar-refractivity contribution in [2.45, 2.75) is 5.60 Å². The molecule has 8 heteroatoms. The number of rotatable bonds is 1. The van der Waals surface area contributed by atoms with Crippen molar-refractivity contribution in [3.05, 3.63) is 76.9 Å². The van der Waals surface area contributed by atoms with E-state index in [1.165, 1.54) is 24.3 Å². The number of hydrogen-bond donors (Lipinski definition) is 2. The number of fused-ring (bicyclic) bond motifs is 6. The molecule has 0 atom stereocenters. The van der Waals surface area contributed by atoms with Gasteiger partial charge in [-0.05, 0) is 42.5 Å². The summed E-state index contributed by atoms with van der Waals surface area (Å²) in [4.78, 5) is 16.9. The molecule has 0 saturated carbocycles. The van der Waals surface area contributed by atoms with Gasteiger partial charge >= 0.3 is 35.5 Å². The first kappa shape index (κ1) is 19.6. The number of benzene rings is 3. The fourth-order valence-electron chi connectivity index (χ4n) is 3.87. The van der Waals surface area contributed by atoms with Gasteiger partial charge in [-0.1, -0.05) is 12.1 Å². The Labute approximate surface area is 192 Å². The van der Waals surface area contributed by atoms with E-state index in [0.29, 0.717) is 39.4 Å². The van der Waals surface area contributed by atoms with Crippen LogP contribution in [0.5, 0.6) is 23.0 Å². The zero-order chi connectivity index (χ0) is 19.5. The fourth-order valence-corrected chi connectivity index (χ4v) is 3.97. The third-order valence-electron chi connectivity index (χ3n) is 4.95. The van der Waals surface area contributed by atoms with Crippen LogP contribution in [-0.2, 0) is 10.3 Å². The van der Waals surface area contributed by atoms with E-state index >= 15 is 0 Å². The number of carbonyl (C=O) groups is 1. The number of isothiocyanates is 1. The molecule has 2 aliphatic heterocycles. The number of phenolic OH excluding ortho intramolecular Hbond substituents is 2. The first-order valence-electron chi connectivity index (χ1n) is 8.34. The minimum absolute atomic E-state index is 0. The molecule has 0 amide bonds. The normalized spacial score (nSPS) is 14.4. The molecule has 138 valence electrons. The van der Waals surface area contributed by atoms with Crippen molar-refractivity contribution in [3.8, 4) is 23.0 Å².